The van der Waals surface area contributed by atoms with Gasteiger partial charge in [-0.05, 0) is 16.5 Å². The Labute approximate surface area is 158 Å². The highest BCUT2D eigenvalue weighted by Crippen LogP contribution is 2.56. The highest BCUT2D eigenvalue weighted by molar-refractivity contribution is 8.03. The molecule has 0 amide bonds. The molecule has 0 saturated carbocycles. The van der Waals surface area contributed by atoms with Crippen LogP contribution in [0.25, 0.3) is 0 Å². The van der Waals surface area contributed by atoms with Crippen molar-refractivity contribution < 1.29 is 18.7 Å². The van der Waals surface area contributed by atoms with Crippen molar-refractivity contribution in [2.45, 2.75) is 24.3 Å². The Bertz CT molecular complexity index is 744. The maximum atomic E-state index is 13.4. The second-order valence-electron chi connectivity index (χ2n) is 5.79. The van der Waals surface area contributed by atoms with Crippen molar-refractivity contribution in [2.24, 2.45) is 0 Å². The Morgan fingerprint density at radius 3 is 1.92 bits per heavy atom. The predicted molar refractivity (Wildman–Crippen MR) is 106 cm³/mol. The Morgan fingerprint density at radius 2 is 1.46 bits per heavy atom. The van der Waals surface area contributed by atoms with Gasteiger partial charge in [-0.25, -0.2) is 0 Å². The first-order valence-corrected chi connectivity index (χ1v) is 10.9. The minimum Gasteiger partial charge on any atom is -0.379 e. The van der Waals surface area contributed by atoms with Crippen molar-refractivity contribution in [3.63, 3.8) is 0 Å². The van der Waals surface area contributed by atoms with Gasteiger partial charge in [0.05, 0.1) is 18.5 Å². The first kappa shape index (κ1) is 19.2. The van der Waals surface area contributed by atoms with E-state index < -0.39 is 13.4 Å². The van der Waals surface area contributed by atoms with Crippen LogP contribution in [0.4, 0.5) is 0 Å². The third kappa shape index (κ3) is 5.19. The SMILES string of the molecule is O=P(OCc1ccccc1)(OCc1ccccc1)C(O)C1C=CC=CS1. The van der Waals surface area contributed by atoms with Gasteiger partial charge in [0, 0.05) is 0 Å². The largest absolute Gasteiger partial charge is 0.379 e. The van der Waals surface area contributed by atoms with Gasteiger partial charge in [0.2, 0.25) is 0 Å². The van der Waals surface area contributed by atoms with Gasteiger partial charge in [-0.3, -0.25) is 4.57 Å². The second kappa shape index (κ2) is 9.36. The van der Waals surface area contributed by atoms with E-state index in [4.69, 9.17) is 9.05 Å². The molecule has 0 aliphatic carbocycles. The van der Waals surface area contributed by atoms with Crippen molar-refractivity contribution >= 4 is 19.4 Å². The van der Waals surface area contributed by atoms with Crippen molar-refractivity contribution in [3.8, 4) is 0 Å². The third-order valence-electron chi connectivity index (χ3n) is 3.85. The summed E-state index contributed by atoms with van der Waals surface area (Å²) in [6, 6.07) is 18.9. The minimum atomic E-state index is -3.76. The molecule has 0 spiro atoms. The quantitative estimate of drug-likeness (QED) is 0.637. The normalized spacial score (nSPS) is 18.0. The first-order chi connectivity index (χ1) is 12.7. The van der Waals surface area contributed by atoms with Gasteiger partial charge >= 0.3 is 7.60 Å². The van der Waals surface area contributed by atoms with E-state index >= 15 is 0 Å². The van der Waals surface area contributed by atoms with Crippen LogP contribution in [-0.4, -0.2) is 16.2 Å². The Morgan fingerprint density at radius 1 is 0.923 bits per heavy atom. The van der Waals surface area contributed by atoms with Gasteiger partial charge in [-0.15, -0.1) is 11.8 Å². The van der Waals surface area contributed by atoms with Gasteiger partial charge in [-0.1, -0.05) is 78.9 Å². The summed E-state index contributed by atoms with van der Waals surface area (Å²) >= 11 is 1.39. The number of allylic oxidation sites excluding steroid dienone is 2. The Kier molecular flexibility index (Phi) is 6.89. The molecule has 0 fully saturated rings. The smallest absolute Gasteiger partial charge is 0.361 e. The Hall–Kier alpha value is -1.62. The molecule has 1 aliphatic rings. The van der Waals surface area contributed by atoms with Crippen LogP contribution in [0.2, 0.25) is 0 Å². The van der Waals surface area contributed by atoms with Crippen LogP contribution in [-0.2, 0) is 26.8 Å². The molecule has 2 aromatic rings. The van der Waals surface area contributed by atoms with Crippen LogP contribution in [0.5, 0.6) is 0 Å². The average molecular weight is 388 g/mol. The van der Waals surface area contributed by atoms with Crippen LogP contribution in [0, 0.1) is 0 Å². The number of benzene rings is 2. The lowest BCUT2D eigenvalue weighted by Gasteiger charge is -2.27. The van der Waals surface area contributed by atoms with E-state index in [9.17, 15) is 9.67 Å². The second-order valence-corrected chi connectivity index (χ2v) is 9.00. The molecule has 136 valence electrons. The number of thioether (sulfide) groups is 1. The molecule has 0 radical (unpaired) electrons. The summed E-state index contributed by atoms with van der Waals surface area (Å²) < 4.78 is 24.7. The molecular formula is C20H21O4PS. The van der Waals surface area contributed by atoms with Crippen LogP contribution >= 0.6 is 19.4 Å². The monoisotopic (exact) mass is 388 g/mol. The number of hydrogen-bond donors (Lipinski definition) is 1. The first-order valence-electron chi connectivity index (χ1n) is 8.31. The molecule has 1 heterocycles. The van der Waals surface area contributed by atoms with Crippen LogP contribution < -0.4 is 0 Å². The van der Waals surface area contributed by atoms with Gasteiger partial charge < -0.3 is 14.2 Å². The molecule has 26 heavy (non-hydrogen) atoms. The predicted octanol–water partition coefficient (Wildman–Crippen LogP) is 5.12. The van der Waals surface area contributed by atoms with E-state index in [0.717, 1.165) is 11.1 Å². The van der Waals surface area contributed by atoms with Gasteiger partial charge in [0.25, 0.3) is 0 Å². The van der Waals surface area contributed by atoms with Crippen molar-refractivity contribution in [3.05, 3.63) is 95.4 Å². The van der Waals surface area contributed by atoms with Crippen molar-refractivity contribution in [1.29, 1.82) is 0 Å². The maximum Gasteiger partial charge on any atom is 0.361 e. The van der Waals surface area contributed by atoms with E-state index in [1.165, 1.54) is 11.8 Å². The van der Waals surface area contributed by atoms with E-state index in [1.807, 2.05) is 78.2 Å². The summed E-state index contributed by atoms with van der Waals surface area (Å²) in [5.74, 6) is -1.25. The summed E-state index contributed by atoms with van der Waals surface area (Å²) in [7, 11) is -3.76. The van der Waals surface area contributed by atoms with E-state index in [1.54, 1.807) is 6.08 Å². The zero-order valence-electron chi connectivity index (χ0n) is 14.2. The lowest BCUT2D eigenvalue weighted by molar-refractivity contribution is 0.135. The molecule has 3 rings (SSSR count). The molecular weight excluding hydrogens is 367 g/mol. The fourth-order valence-corrected chi connectivity index (χ4v) is 5.26. The molecule has 0 aromatic heterocycles. The minimum absolute atomic E-state index is 0.112. The zero-order chi connectivity index (χ0) is 18.2. The molecule has 1 N–H and O–H groups in total. The van der Waals surface area contributed by atoms with Crippen LogP contribution in [0.15, 0.2) is 84.3 Å². The standard InChI is InChI=1S/C20H21O4PS/c21-20(19-13-7-8-14-26-19)25(22,23-15-17-9-3-1-4-10-17)24-16-18-11-5-2-6-12-18/h1-14,19-21H,15-16H2. The average Bonchev–Trinajstić information content (AvgIpc) is 2.72. The molecule has 1 aliphatic heterocycles. The number of aliphatic hydroxyl groups excluding tert-OH is 1. The van der Waals surface area contributed by atoms with E-state index in [2.05, 4.69) is 0 Å². The maximum absolute atomic E-state index is 13.4. The lowest BCUT2D eigenvalue weighted by Crippen LogP contribution is -2.24. The number of aliphatic hydroxyl groups is 1. The molecule has 6 heteroatoms. The van der Waals surface area contributed by atoms with Crippen LogP contribution in [0.1, 0.15) is 11.1 Å². The number of rotatable bonds is 8. The fraction of sp³-hybridized carbons (Fsp3) is 0.200. The van der Waals surface area contributed by atoms with E-state index in [-0.39, 0.29) is 18.5 Å². The molecule has 0 bridgehead atoms. The summed E-state index contributed by atoms with van der Waals surface area (Å²) in [6.45, 7) is 0.224. The van der Waals surface area contributed by atoms with Gasteiger partial charge in [0.1, 0.15) is 0 Å². The summed E-state index contributed by atoms with van der Waals surface area (Å²) in [6.07, 6.45) is 5.50. The summed E-state index contributed by atoms with van der Waals surface area (Å²) in [5, 5.41) is 12.2. The zero-order valence-corrected chi connectivity index (χ0v) is 15.9. The fourth-order valence-electron chi connectivity index (χ4n) is 2.42. The highest BCUT2D eigenvalue weighted by atomic mass is 32.2. The molecule has 0 saturated heterocycles. The molecule has 2 atom stereocenters. The summed E-state index contributed by atoms with van der Waals surface area (Å²) in [5.41, 5.74) is 1.74. The van der Waals surface area contributed by atoms with Crippen molar-refractivity contribution in [1.82, 2.24) is 0 Å². The topological polar surface area (TPSA) is 55.8 Å². The van der Waals surface area contributed by atoms with Gasteiger partial charge in [0.15, 0.2) is 5.85 Å². The molecule has 4 nitrogen and oxygen atoms in total. The third-order valence-corrected chi connectivity index (χ3v) is 7.04. The van der Waals surface area contributed by atoms with Crippen molar-refractivity contribution in [2.75, 3.05) is 0 Å². The van der Waals surface area contributed by atoms with Gasteiger partial charge in [-0.2, -0.15) is 0 Å². The lowest BCUT2D eigenvalue weighted by atomic mass is 10.2. The van der Waals surface area contributed by atoms with Crippen LogP contribution in [0.3, 0.4) is 0 Å². The molecule has 2 unspecified atom stereocenters. The Balaban J connectivity index is 1.73. The number of hydrogen-bond acceptors (Lipinski definition) is 5. The highest BCUT2D eigenvalue weighted by Gasteiger charge is 2.40. The van der Waals surface area contributed by atoms with E-state index in [0.29, 0.717) is 0 Å². The summed E-state index contributed by atoms with van der Waals surface area (Å²) in [4.78, 5) is 0. The molecule has 2 aromatic carbocycles.